The van der Waals surface area contributed by atoms with Gasteiger partial charge in [-0.2, -0.15) is 23.5 Å². The van der Waals surface area contributed by atoms with E-state index in [1.165, 1.54) is 12.2 Å². The quantitative estimate of drug-likeness (QED) is 0.758. The summed E-state index contributed by atoms with van der Waals surface area (Å²) in [6.07, 6.45) is 3.33. The molecule has 0 spiro atoms. The maximum Gasteiger partial charge on any atom is 0.0564 e. The van der Waals surface area contributed by atoms with Crippen LogP contribution in [0.3, 0.4) is 0 Å². The fourth-order valence-corrected chi connectivity index (χ4v) is 3.65. The molecule has 1 saturated heterocycles. The van der Waals surface area contributed by atoms with E-state index in [1.54, 1.807) is 11.8 Å². The van der Waals surface area contributed by atoms with Crippen LogP contribution in [-0.2, 0) is 0 Å². The van der Waals surface area contributed by atoms with E-state index in [2.05, 4.69) is 25.4 Å². The summed E-state index contributed by atoms with van der Waals surface area (Å²) in [7, 11) is 0. The van der Waals surface area contributed by atoms with Crippen LogP contribution in [0.5, 0.6) is 0 Å². The molecular formula is C10H21NOS2. The average molecular weight is 235 g/mol. The van der Waals surface area contributed by atoms with Gasteiger partial charge in [-0.25, -0.2) is 0 Å². The molecule has 0 radical (unpaired) electrons. The smallest absolute Gasteiger partial charge is 0.0564 e. The minimum absolute atomic E-state index is 0.269. The Morgan fingerprint density at radius 1 is 1.64 bits per heavy atom. The highest BCUT2D eigenvalue weighted by Crippen LogP contribution is 2.26. The highest BCUT2D eigenvalue weighted by atomic mass is 32.2. The summed E-state index contributed by atoms with van der Waals surface area (Å²) in [5.41, 5.74) is 0. The first kappa shape index (κ1) is 12.7. The van der Waals surface area contributed by atoms with Crippen LogP contribution in [0, 0.1) is 0 Å². The highest BCUT2D eigenvalue weighted by molar-refractivity contribution is 8.00. The molecule has 4 atom stereocenters. The third-order valence-electron chi connectivity index (χ3n) is 2.74. The number of hydrogen-bond donors (Lipinski definition) is 2. The topological polar surface area (TPSA) is 32.3 Å². The Morgan fingerprint density at radius 3 is 2.79 bits per heavy atom. The van der Waals surface area contributed by atoms with E-state index in [9.17, 15) is 0 Å². The van der Waals surface area contributed by atoms with Crippen LogP contribution >= 0.6 is 23.5 Å². The number of nitrogens with one attached hydrogen (secondary N) is 1. The molecule has 2 N–H and O–H groups in total. The summed E-state index contributed by atoms with van der Waals surface area (Å²) >= 11 is 3.79. The van der Waals surface area contributed by atoms with Gasteiger partial charge < -0.3 is 10.4 Å². The van der Waals surface area contributed by atoms with E-state index in [1.807, 2.05) is 11.8 Å². The van der Waals surface area contributed by atoms with Crippen LogP contribution in [0.15, 0.2) is 0 Å². The number of hydrogen-bond acceptors (Lipinski definition) is 4. The molecule has 0 aromatic heterocycles. The molecule has 0 aliphatic carbocycles. The van der Waals surface area contributed by atoms with Crippen molar-refractivity contribution in [2.75, 3.05) is 18.6 Å². The summed E-state index contributed by atoms with van der Waals surface area (Å²) in [5, 5.41) is 13.9. The van der Waals surface area contributed by atoms with Gasteiger partial charge in [-0.05, 0) is 19.6 Å². The molecule has 14 heavy (non-hydrogen) atoms. The van der Waals surface area contributed by atoms with Crippen LogP contribution in [0.25, 0.3) is 0 Å². The maximum atomic E-state index is 9.16. The molecule has 0 amide bonds. The minimum atomic E-state index is 0.269. The molecule has 4 unspecified atom stereocenters. The Balaban J connectivity index is 2.28. The van der Waals surface area contributed by atoms with Crippen molar-refractivity contribution in [3.8, 4) is 0 Å². The Kier molecular flexibility index (Phi) is 5.67. The molecular weight excluding hydrogens is 214 g/mol. The standard InChI is InChI=1S/C10H21NOS2/c1-7-4-9(6-14-7)11-8(2)10(5-12)13-3/h7-12H,4-6H2,1-3H3. The lowest BCUT2D eigenvalue weighted by molar-refractivity contribution is 0.271. The van der Waals surface area contributed by atoms with E-state index in [0.717, 1.165) is 5.25 Å². The molecule has 2 nitrogen and oxygen atoms in total. The van der Waals surface area contributed by atoms with Crippen molar-refractivity contribution in [3.63, 3.8) is 0 Å². The normalized spacial score (nSPS) is 31.7. The van der Waals surface area contributed by atoms with Gasteiger partial charge in [-0.15, -0.1) is 0 Å². The maximum absolute atomic E-state index is 9.16. The molecule has 1 rings (SSSR count). The van der Waals surface area contributed by atoms with Crippen molar-refractivity contribution in [1.29, 1.82) is 0 Å². The number of aliphatic hydroxyl groups excluding tert-OH is 1. The van der Waals surface area contributed by atoms with Gasteiger partial charge in [0.05, 0.1) is 6.61 Å². The van der Waals surface area contributed by atoms with E-state index in [-0.39, 0.29) is 6.61 Å². The van der Waals surface area contributed by atoms with Gasteiger partial charge in [0.15, 0.2) is 0 Å². The minimum Gasteiger partial charge on any atom is -0.395 e. The van der Waals surface area contributed by atoms with Gasteiger partial charge in [0.1, 0.15) is 0 Å². The zero-order chi connectivity index (χ0) is 10.6. The number of aliphatic hydroxyl groups is 1. The van der Waals surface area contributed by atoms with Crippen LogP contribution in [0.2, 0.25) is 0 Å². The second kappa shape index (κ2) is 6.26. The summed E-state index contributed by atoms with van der Waals surface area (Å²) in [6, 6.07) is 1.05. The lowest BCUT2D eigenvalue weighted by Crippen LogP contribution is -2.43. The molecule has 84 valence electrons. The lowest BCUT2D eigenvalue weighted by Gasteiger charge is -2.24. The summed E-state index contributed by atoms with van der Waals surface area (Å²) in [6.45, 7) is 4.73. The van der Waals surface area contributed by atoms with Crippen LogP contribution in [0.1, 0.15) is 20.3 Å². The first-order chi connectivity index (χ1) is 6.67. The molecule has 0 bridgehead atoms. The predicted molar refractivity (Wildman–Crippen MR) is 67.3 cm³/mol. The van der Waals surface area contributed by atoms with Crippen molar-refractivity contribution in [2.24, 2.45) is 0 Å². The first-order valence-electron chi connectivity index (χ1n) is 5.18. The summed E-state index contributed by atoms with van der Waals surface area (Å²) in [5.74, 6) is 1.22. The third-order valence-corrected chi connectivity index (χ3v) is 5.26. The monoisotopic (exact) mass is 235 g/mol. The van der Waals surface area contributed by atoms with Gasteiger partial charge >= 0.3 is 0 Å². The van der Waals surface area contributed by atoms with E-state index >= 15 is 0 Å². The zero-order valence-corrected chi connectivity index (χ0v) is 10.8. The van der Waals surface area contributed by atoms with Crippen molar-refractivity contribution in [3.05, 3.63) is 0 Å². The van der Waals surface area contributed by atoms with Crippen molar-refractivity contribution >= 4 is 23.5 Å². The SMILES string of the molecule is CSC(CO)C(C)NC1CSC(C)C1. The highest BCUT2D eigenvalue weighted by Gasteiger charge is 2.25. The summed E-state index contributed by atoms with van der Waals surface area (Å²) in [4.78, 5) is 0. The number of thioether (sulfide) groups is 2. The molecule has 1 aliphatic heterocycles. The Hall–Kier alpha value is 0.620. The predicted octanol–water partition coefficient (Wildman–Crippen LogP) is 1.58. The van der Waals surface area contributed by atoms with Crippen molar-refractivity contribution < 1.29 is 5.11 Å². The second-order valence-corrected chi connectivity index (χ2v) is 6.54. The van der Waals surface area contributed by atoms with Crippen LogP contribution < -0.4 is 5.32 Å². The largest absolute Gasteiger partial charge is 0.395 e. The van der Waals surface area contributed by atoms with Gasteiger partial charge in [0.2, 0.25) is 0 Å². The fraction of sp³-hybridized carbons (Fsp3) is 1.00. The van der Waals surface area contributed by atoms with Crippen LogP contribution in [0.4, 0.5) is 0 Å². The van der Waals surface area contributed by atoms with Gasteiger partial charge in [-0.3, -0.25) is 0 Å². The zero-order valence-electron chi connectivity index (χ0n) is 9.19. The van der Waals surface area contributed by atoms with E-state index in [4.69, 9.17) is 5.11 Å². The third kappa shape index (κ3) is 3.65. The molecule has 4 heteroatoms. The Morgan fingerprint density at radius 2 is 2.36 bits per heavy atom. The average Bonchev–Trinajstić information content (AvgIpc) is 2.53. The molecule has 0 aromatic rings. The second-order valence-electron chi connectivity index (χ2n) is 3.99. The molecule has 1 fully saturated rings. The molecule has 1 aliphatic rings. The van der Waals surface area contributed by atoms with Gasteiger partial charge in [0.25, 0.3) is 0 Å². The molecule has 1 heterocycles. The van der Waals surface area contributed by atoms with E-state index < -0.39 is 0 Å². The molecule has 0 aromatic carbocycles. The summed E-state index contributed by atoms with van der Waals surface area (Å²) < 4.78 is 0. The first-order valence-corrected chi connectivity index (χ1v) is 7.52. The number of rotatable bonds is 5. The lowest BCUT2D eigenvalue weighted by atomic mass is 10.1. The Bertz CT molecular complexity index is 164. The van der Waals surface area contributed by atoms with Crippen molar-refractivity contribution in [2.45, 2.75) is 42.9 Å². The fourth-order valence-electron chi connectivity index (χ4n) is 1.85. The van der Waals surface area contributed by atoms with Gasteiger partial charge in [0, 0.05) is 28.3 Å². The van der Waals surface area contributed by atoms with E-state index in [0.29, 0.717) is 17.3 Å². The van der Waals surface area contributed by atoms with Crippen molar-refractivity contribution in [1.82, 2.24) is 5.32 Å². The molecule has 0 saturated carbocycles. The van der Waals surface area contributed by atoms with Crippen LogP contribution in [-0.4, -0.2) is 46.3 Å². The van der Waals surface area contributed by atoms with Gasteiger partial charge in [-0.1, -0.05) is 6.92 Å². The Labute approximate surface area is 95.6 Å².